The summed E-state index contributed by atoms with van der Waals surface area (Å²) >= 11 is 1.69. The second-order valence-electron chi connectivity index (χ2n) is 5.20. The van der Waals surface area contributed by atoms with Crippen molar-refractivity contribution < 1.29 is 14.2 Å². The maximum Gasteiger partial charge on any atom is 0.231 e. The predicted molar refractivity (Wildman–Crippen MR) is 80.1 cm³/mol. The number of ether oxygens (including phenoxy) is 3. The van der Waals surface area contributed by atoms with Gasteiger partial charge in [0.05, 0.1) is 7.11 Å². The Balaban J connectivity index is 1.60. The lowest BCUT2D eigenvalue weighted by molar-refractivity contribution is 0.171. The third-order valence-corrected chi connectivity index (χ3v) is 4.65. The van der Waals surface area contributed by atoms with Gasteiger partial charge in [0.25, 0.3) is 0 Å². The van der Waals surface area contributed by atoms with E-state index in [9.17, 15) is 0 Å². The summed E-state index contributed by atoms with van der Waals surface area (Å²) in [5.74, 6) is 2.08. The molecule has 0 bridgehead atoms. The molecule has 6 heteroatoms. The second-order valence-corrected chi connectivity index (χ2v) is 6.31. The highest BCUT2D eigenvalue weighted by molar-refractivity contribution is 7.15. The van der Waals surface area contributed by atoms with Crippen LogP contribution in [-0.4, -0.2) is 24.9 Å². The van der Waals surface area contributed by atoms with Crippen LogP contribution < -0.4 is 19.5 Å². The number of hydrogen-bond acceptors (Lipinski definition) is 6. The Labute approximate surface area is 126 Å². The van der Waals surface area contributed by atoms with Crippen LogP contribution in [0, 0.1) is 0 Å². The lowest BCUT2D eigenvalue weighted by atomic mass is 10.2. The lowest BCUT2D eigenvalue weighted by Crippen LogP contribution is -2.14. The number of benzene rings is 1. The molecule has 21 heavy (non-hydrogen) atoms. The van der Waals surface area contributed by atoms with Crippen LogP contribution in [0.2, 0.25) is 0 Å². The fraction of sp³-hybridized carbons (Fsp3) is 0.400. The minimum absolute atomic E-state index is 0.240. The third kappa shape index (κ3) is 2.56. The summed E-state index contributed by atoms with van der Waals surface area (Å²) in [7, 11) is 1.63. The summed E-state index contributed by atoms with van der Waals surface area (Å²) in [6, 6.07) is 4.62. The summed E-state index contributed by atoms with van der Waals surface area (Å²) < 4.78 is 16.2. The molecule has 1 N–H and O–H groups in total. The minimum atomic E-state index is 0.240. The van der Waals surface area contributed by atoms with Crippen molar-refractivity contribution in [1.29, 1.82) is 0 Å². The van der Waals surface area contributed by atoms with Gasteiger partial charge in [-0.25, -0.2) is 4.98 Å². The number of fused-ring (bicyclic) bond motifs is 1. The summed E-state index contributed by atoms with van der Waals surface area (Å²) in [5.41, 5.74) is 0.999. The average Bonchev–Trinajstić information content (AvgIpc) is 3.02. The molecule has 1 fully saturated rings. The fourth-order valence-electron chi connectivity index (χ4n) is 2.31. The number of thiazole rings is 1. The molecule has 0 spiro atoms. The molecule has 0 atom stereocenters. The SMILES string of the molecule is COc1cc(-c2ncc(CNC3CC3)s2)cc2c1OCO2. The van der Waals surface area contributed by atoms with Crippen molar-refractivity contribution in [1.82, 2.24) is 10.3 Å². The molecule has 1 aromatic heterocycles. The first-order chi connectivity index (χ1) is 10.3. The molecule has 5 nitrogen and oxygen atoms in total. The van der Waals surface area contributed by atoms with Crippen LogP contribution in [0.15, 0.2) is 18.3 Å². The number of aromatic nitrogens is 1. The molecule has 2 aromatic rings. The molecule has 0 amide bonds. The fourth-order valence-corrected chi connectivity index (χ4v) is 3.16. The van der Waals surface area contributed by atoms with E-state index in [-0.39, 0.29) is 6.79 Å². The standard InChI is InChI=1S/C15H16N2O3S/c1-18-12-4-9(5-13-14(12)20-8-19-13)15-17-7-11(21-15)6-16-10-2-3-10/h4-5,7,10,16H,2-3,6,8H2,1H3. The zero-order valence-corrected chi connectivity index (χ0v) is 12.5. The zero-order valence-electron chi connectivity index (χ0n) is 11.7. The largest absolute Gasteiger partial charge is 0.493 e. The van der Waals surface area contributed by atoms with Crippen molar-refractivity contribution in [3.63, 3.8) is 0 Å². The van der Waals surface area contributed by atoms with Crippen LogP contribution >= 0.6 is 11.3 Å². The first-order valence-corrected chi connectivity index (χ1v) is 7.81. The third-order valence-electron chi connectivity index (χ3n) is 3.60. The summed E-state index contributed by atoms with van der Waals surface area (Å²) in [5, 5.41) is 4.47. The maximum atomic E-state index is 5.46. The van der Waals surface area contributed by atoms with Gasteiger partial charge in [-0.3, -0.25) is 0 Å². The van der Waals surface area contributed by atoms with E-state index < -0.39 is 0 Å². The van der Waals surface area contributed by atoms with Crippen LogP contribution in [-0.2, 0) is 6.54 Å². The predicted octanol–water partition coefficient (Wildman–Crippen LogP) is 2.80. The van der Waals surface area contributed by atoms with Gasteiger partial charge in [0, 0.05) is 29.2 Å². The maximum absolute atomic E-state index is 5.46. The highest BCUT2D eigenvalue weighted by Crippen LogP contribution is 2.44. The Morgan fingerprint density at radius 2 is 2.29 bits per heavy atom. The lowest BCUT2D eigenvalue weighted by Gasteiger charge is -2.06. The van der Waals surface area contributed by atoms with E-state index in [2.05, 4.69) is 10.3 Å². The number of hydrogen-bond donors (Lipinski definition) is 1. The van der Waals surface area contributed by atoms with Crippen molar-refractivity contribution in [3.8, 4) is 27.8 Å². The summed E-state index contributed by atoms with van der Waals surface area (Å²) in [6.07, 6.45) is 4.53. The number of methoxy groups -OCH3 is 1. The van der Waals surface area contributed by atoms with Gasteiger partial charge in [-0.05, 0) is 25.0 Å². The van der Waals surface area contributed by atoms with Crippen LogP contribution in [0.25, 0.3) is 10.6 Å². The van der Waals surface area contributed by atoms with Crippen LogP contribution in [0.3, 0.4) is 0 Å². The number of nitrogens with one attached hydrogen (secondary N) is 1. The van der Waals surface area contributed by atoms with E-state index in [4.69, 9.17) is 14.2 Å². The van der Waals surface area contributed by atoms with Crippen molar-refractivity contribution in [3.05, 3.63) is 23.2 Å². The molecular formula is C15H16N2O3S. The van der Waals surface area contributed by atoms with Gasteiger partial charge in [-0.1, -0.05) is 0 Å². The Bertz CT molecular complexity index is 667. The zero-order chi connectivity index (χ0) is 14.2. The first-order valence-electron chi connectivity index (χ1n) is 6.99. The Morgan fingerprint density at radius 3 is 3.10 bits per heavy atom. The Kier molecular flexibility index (Phi) is 3.20. The van der Waals surface area contributed by atoms with Crippen molar-refractivity contribution in [2.45, 2.75) is 25.4 Å². The second kappa shape index (κ2) is 5.20. The van der Waals surface area contributed by atoms with Gasteiger partial charge < -0.3 is 19.5 Å². The van der Waals surface area contributed by atoms with E-state index in [0.29, 0.717) is 17.5 Å². The molecule has 0 saturated heterocycles. The molecule has 1 aliphatic carbocycles. The topological polar surface area (TPSA) is 52.6 Å². The molecule has 0 unspecified atom stereocenters. The van der Waals surface area contributed by atoms with Gasteiger partial charge >= 0.3 is 0 Å². The smallest absolute Gasteiger partial charge is 0.231 e. The van der Waals surface area contributed by atoms with E-state index in [1.165, 1.54) is 17.7 Å². The molecule has 0 radical (unpaired) electrons. The van der Waals surface area contributed by atoms with E-state index in [1.54, 1.807) is 18.4 Å². The first kappa shape index (κ1) is 12.9. The highest BCUT2D eigenvalue weighted by Gasteiger charge is 2.22. The Morgan fingerprint density at radius 1 is 1.38 bits per heavy atom. The molecule has 110 valence electrons. The molecule has 1 saturated carbocycles. The quantitative estimate of drug-likeness (QED) is 0.920. The minimum Gasteiger partial charge on any atom is -0.493 e. The van der Waals surface area contributed by atoms with Crippen LogP contribution in [0.1, 0.15) is 17.7 Å². The summed E-state index contributed by atoms with van der Waals surface area (Å²) in [4.78, 5) is 5.76. The van der Waals surface area contributed by atoms with Crippen molar-refractivity contribution in [2.24, 2.45) is 0 Å². The number of rotatable bonds is 5. The average molecular weight is 304 g/mol. The Hall–Kier alpha value is -1.79. The number of nitrogens with zero attached hydrogens (tertiary/aromatic N) is 1. The van der Waals surface area contributed by atoms with Gasteiger partial charge in [-0.15, -0.1) is 11.3 Å². The van der Waals surface area contributed by atoms with Gasteiger partial charge in [-0.2, -0.15) is 0 Å². The normalized spacial score (nSPS) is 16.2. The van der Waals surface area contributed by atoms with E-state index in [0.717, 1.165) is 22.9 Å². The van der Waals surface area contributed by atoms with Gasteiger partial charge in [0.1, 0.15) is 5.01 Å². The highest BCUT2D eigenvalue weighted by atomic mass is 32.1. The molecule has 2 heterocycles. The van der Waals surface area contributed by atoms with Gasteiger partial charge in [0.15, 0.2) is 11.5 Å². The van der Waals surface area contributed by atoms with Crippen LogP contribution in [0.4, 0.5) is 0 Å². The van der Waals surface area contributed by atoms with Gasteiger partial charge in [0.2, 0.25) is 12.5 Å². The van der Waals surface area contributed by atoms with Crippen LogP contribution in [0.5, 0.6) is 17.2 Å². The molecule has 4 rings (SSSR count). The molecular weight excluding hydrogens is 288 g/mol. The summed E-state index contributed by atoms with van der Waals surface area (Å²) in [6.45, 7) is 1.13. The molecule has 2 aliphatic rings. The molecule has 1 aromatic carbocycles. The van der Waals surface area contributed by atoms with Crippen molar-refractivity contribution >= 4 is 11.3 Å². The molecule has 1 aliphatic heterocycles. The van der Waals surface area contributed by atoms with E-state index in [1.807, 2.05) is 18.3 Å². The van der Waals surface area contributed by atoms with E-state index >= 15 is 0 Å². The van der Waals surface area contributed by atoms with Crippen molar-refractivity contribution in [2.75, 3.05) is 13.9 Å². The monoisotopic (exact) mass is 304 g/mol.